The minimum Gasteiger partial charge on any atom is -0.323 e. The molecule has 1 unspecified atom stereocenters. The molecule has 0 spiro atoms. The molecule has 1 aliphatic rings. The van der Waals surface area contributed by atoms with Crippen LogP contribution < -0.4 is 5.32 Å². The molecule has 1 fully saturated rings. The van der Waals surface area contributed by atoms with Crippen molar-refractivity contribution in [2.45, 2.75) is 45.2 Å². The van der Waals surface area contributed by atoms with E-state index in [1.807, 2.05) is 6.20 Å². The fourth-order valence-corrected chi connectivity index (χ4v) is 3.79. The lowest BCUT2D eigenvalue weighted by Gasteiger charge is -2.14. The average molecular weight is 410 g/mol. The number of aromatic nitrogens is 4. The van der Waals surface area contributed by atoms with Crippen LogP contribution in [0, 0.1) is 12.8 Å². The molecule has 0 radical (unpaired) electrons. The van der Waals surface area contributed by atoms with Crippen molar-refractivity contribution < 1.29 is 13.2 Å². The largest absolute Gasteiger partial charge is 0.416 e. The van der Waals surface area contributed by atoms with E-state index in [1.54, 1.807) is 11.4 Å². The van der Waals surface area contributed by atoms with Gasteiger partial charge in [0.15, 0.2) is 5.65 Å². The molecular formula is C19H19ClF3N5. The molecule has 0 aliphatic heterocycles. The summed E-state index contributed by atoms with van der Waals surface area (Å²) in [6.45, 7) is 3.93. The van der Waals surface area contributed by atoms with E-state index in [0.29, 0.717) is 29.3 Å². The third-order valence-corrected chi connectivity index (χ3v) is 5.39. The third kappa shape index (κ3) is 3.53. The van der Waals surface area contributed by atoms with Gasteiger partial charge in [0.05, 0.1) is 22.5 Å². The maximum absolute atomic E-state index is 12.9. The maximum Gasteiger partial charge on any atom is 0.416 e. The summed E-state index contributed by atoms with van der Waals surface area (Å²) >= 11 is 6.07. The van der Waals surface area contributed by atoms with Gasteiger partial charge in [-0.25, -0.2) is 4.98 Å². The first-order chi connectivity index (χ1) is 13.3. The van der Waals surface area contributed by atoms with Gasteiger partial charge < -0.3 is 5.32 Å². The van der Waals surface area contributed by atoms with E-state index in [1.165, 1.54) is 18.9 Å². The minimum atomic E-state index is -4.45. The number of alkyl halides is 3. The molecule has 1 aliphatic carbocycles. The zero-order valence-corrected chi connectivity index (χ0v) is 16.1. The van der Waals surface area contributed by atoms with Gasteiger partial charge >= 0.3 is 6.18 Å². The molecule has 0 amide bonds. The first-order valence-corrected chi connectivity index (χ1v) is 9.51. The van der Waals surface area contributed by atoms with Crippen LogP contribution in [0.1, 0.15) is 49.1 Å². The average Bonchev–Trinajstić information content (AvgIpc) is 3.37. The molecule has 1 aromatic carbocycles. The fourth-order valence-electron chi connectivity index (χ4n) is 3.56. The van der Waals surface area contributed by atoms with Crippen molar-refractivity contribution in [3.63, 3.8) is 0 Å². The van der Waals surface area contributed by atoms with Gasteiger partial charge in [0.1, 0.15) is 5.82 Å². The van der Waals surface area contributed by atoms with Gasteiger partial charge in [-0.1, -0.05) is 18.5 Å². The molecule has 28 heavy (non-hydrogen) atoms. The Morgan fingerprint density at radius 3 is 2.64 bits per heavy atom. The number of nitrogens with zero attached hydrogens (tertiary/aromatic N) is 4. The van der Waals surface area contributed by atoms with E-state index < -0.39 is 11.7 Å². The van der Waals surface area contributed by atoms with Crippen molar-refractivity contribution >= 4 is 28.9 Å². The van der Waals surface area contributed by atoms with E-state index in [2.05, 4.69) is 27.3 Å². The van der Waals surface area contributed by atoms with Crippen LogP contribution >= 0.6 is 11.6 Å². The molecule has 0 bridgehead atoms. The summed E-state index contributed by atoms with van der Waals surface area (Å²) in [4.78, 5) is 8.92. The number of nitrogens with one attached hydrogen (secondary N) is 1. The van der Waals surface area contributed by atoms with Crippen LogP contribution in [0.4, 0.5) is 24.8 Å². The summed E-state index contributed by atoms with van der Waals surface area (Å²) in [6, 6.07) is 3.16. The Morgan fingerprint density at radius 1 is 1.29 bits per heavy atom. The number of anilines is 2. The highest BCUT2D eigenvalue weighted by molar-refractivity contribution is 6.33. The molecule has 1 saturated carbocycles. The number of hydrogen-bond acceptors (Lipinski definition) is 4. The number of halogens is 4. The molecule has 9 heteroatoms. The fraction of sp³-hybridized carbons (Fsp3) is 0.421. The second kappa shape index (κ2) is 6.92. The molecule has 1 atom stereocenters. The molecule has 2 aromatic heterocycles. The van der Waals surface area contributed by atoms with Crippen LogP contribution in [0.3, 0.4) is 0 Å². The first-order valence-electron chi connectivity index (χ1n) is 9.14. The van der Waals surface area contributed by atoms with Crippen molar-refractivity contribution in [2.75, 3.05) is 5.32 Å². The van der Waals surface area contributed by atoms with Crippen molar-refractivity contribution in [3.05, 3.63) is 46.4 Å². The second-order valence-electron chi connectivity index (χ2n) is 7.10. The third-order valence-electron chi connectivity index (χ3n) is 5.08. The Hall–Kier alpha value is -2.35. The summed E-state index contributed by atoms with van der Waals surface area (Å²) in [7, 11) is 0. The van der Waals surface area contributed by atoms with E-state index in [0.717, 1.165) is 29.8 Å². The van der Waals surface area contributed by atoms with Gasteiger partial charge in [0, 0.05) is 5.56 Å². The monoisotopic (exact) mass is 409 g/mol. The minimum absolute atomic E-state index is 0.0453. The van der Waals surface area contributed by atoms with Crippen LogP contribution in [0.25, 0.3) is 5.65 Å². The lowest BCUT2D eigenvalue weighted by Crippen LogP contribution is -2.09. The van der Waals surface area contributed by atoms with Crippen LogP contribution in [0.2, 0.25) is 5.02 Å². The molecular weight excluding hydrogens is 391 g/mol. The van der Waals surface area contributed by atoms with Crippen molar-refractivity contribution in [3.8, 4) is 0 Å². The highest BCUT2D eigenvalue weighted by Gasteiger charge is 2.34. The molecule has 0 saturated heterocycles. The highest BCUT2D eigenvalue weighted by Crippen LogP contribution is 2.45. The van der Waals surface area contributed by atoms with E-state index >= 15 is 0 Å². The van der Waals surface area contributed by atoms with E-state index in [-0.39, 0.29) is 5.02 Å². The summed E-state index contributed by atoms with van der Waals surface area (Å²) in [6.07, 6.45) is 0.798. The summed E-state index contributed by atoms with van der Waals surface area (Å²) < 4.78 is 40.2. The predicted octanol–water partition coefficient (Wildman–Crippen LogP) is 5.75. The topological polar surface area (TPSA) is 55.1 Å². The van der Waals surface area contributed by atoms with Gasteiger partial charge in [-0.2, -0.15) is 27.8 Å². The van der Waals surface area contributed by atoms with Crippen LogP contribution in [0.5, 0.6) is 0 Å². The Balaban J connectivity index is 1.72. The quantitative estimate of drug-likeness (QED) is 0.582. The summed E-state index contributed by atoms with van der Waals surface area (Å²) in [5.41, 5.74) is 1.32. The first kappa shape index (κ1) is 19.0. The lowest BCUT2D eigenvalue weighted by atomic mass is 9.94. The molecule has 1 N–H and O–H groups in total. The number of rotatable bonds is 5. The smallest absolute Gasteiger partial charge is 0.323 e. The lowest BCUT2D eigenvalue weighted by molar-refractivity contribution is -0.137. The van der Waals surface area contributed by atoms with Gasteiger partial charge in [0.25, 0.3) is 0 Å². The zero-order valence-electron chi connectivity index (χ0n) is 15.4. The molecule has 2 heterocycles. The van der Waals surface area contributed by atoms with Gasteiger partial charge in [-0.15, -0.1) is 0 Å². The SMILES string of the molecule is CCC(c1cnn2c(Nc3ccc(C(F)(F)F)cc3Cl)nc(C)nc12)C1CC1. The van der Waals surface area contributed by atoms with Crippen LogP contribution in [0.15, 0.2) is 24.4 Å². The number of aryl methyl sites for hydroxylation is 1. The predicted molar refractivity (Wildman–Crippen MR) is 101 cm³/mol. The van der Waals surface area contributed by atoms with E-state index in [9.17, 15) is 13.2 Å². The Labute approximate surface area is 164 Å². The Kier molecular flexibility index (Phi) is 4.69. The maximum atomic E-state index is 12.9. The van der Waals surface area contributed by atoms with Crippen molar-refractivity contribution in [2.24, 2.45) is 5.92 Å². The zero-order chi connectivity index (χ0) is 20.1. The number of fused-ring (bicyclic) bond motifs is 1. The number of hydrogen-bond donors (Lipinski definition) is 1. The molecule has 148 valence electrons. The van der Waals surface area contributed by atoms with Crippen molar-refractivity contribution in [1.82, 2.24) is 19.6 Å². The van der Waals surface area contributed by atoms with Gasteiger partial charge in [-0.3, -0.25) is 0 Å². The standard InChI is InChI=1S/C19H19ClF3N5/c1-3-13(11-4-5-11)14-9-24-28-17(14)25-10(2)26-18(28)27-16-7-6-12(8-15(16)20)19(21,22)23/h6-9,11,13H,3-5H2,1-2H3,(H,25,26,27). The molecule has 4 rings (SSSR count). The highest BCUT2D eigenvalue weighted by atomic mass is 35.5. The summed E-state index contributed by atoms with van der Waals surface area (Å²) in [5, 5.41) is 7.38. The van der Waals surface area contributed by atoms with Crippen molar-refractivity contribution in [1.29, 1.82) is 0 Å². The second-order valence-corrected chi connectivity index (χ2v) is 7.51. The van der Waals surface area contributed by atoms with E-state index in [4.69, 9.17) is 11.6 Å². The van der Waals surface area contributed by atoms with Crippen LogP contribution in [-0.4, -0.2) is 19.6 Å². The normalized spacial score (nSPS) is 15.8. The molecule has 5 nitrogen and oxygen atoms in total. The summed E-state index contributed by atoms with van der Waals surface area (Å²) in [5.74, 6) is 1.97. The molecule has 3 aromatic rings. The van der Waals surface area contributed by atoms with Gasteiger partial charge in [0.2, 0.25) is 5.95 Å². The Morgan fingerprint density at radius 2 is 2.04 bits per heavy atom. The van der Waals surface area contributed by atoms with Gasteiger partial charge in [-0.05, 0) is 56.2 Å². The number of benzene rings is 1. The Bertz CT molecular complexity index is 1030. The van der Waals surface area contributed by atoms with Crippen LogP contribution in [-0.2, 0) is 6.18 Å².